The second-order valence-electron chi connectivity index (χ2n) is 3.93. The Morgan fingerprint density at radius 3 is 2.64 bits per heavy atom. The maximum Gasteiger partial charge on any atom is 0.102 e. The van der Waals surface area contributed by atoms with E-state index in [4.69, 9.17) is 5.26 Å². The molecule has 1 aromatic rings. The average molecular weight is 192 g/mol. The molecule has 0 saturated heterocycles. The third-order valence-electron chi connectivity index (χ3n) is 2.14. The van der Waals surface area contributed by atoms with Gasteiger partial charge in [0.2, 0.25) is 0 Å². The van der Waals surface area contributed by atoms with Crippen LogP contribution in [0.15, 0.2) is 30.8 Å². The first-order valence-electron chi connectivity index (χ1n) is 4.62. The zero-order valence-electron chi connectivity index (χ0n) is 8.66. The van der Waals surface area contributed by atoms with Gasteiger partial charge in [0.25, 0.3) is 0 Å². The molecule has 0 aliphatic heterocycles. The maximum absolute atomic E-state index is 8.69. The highest BCUT2D eigenvalue weighted by Gasteiger charge is 2.19. The van der Waals surface area contributed by atoms with E-state index in [9.17, 15) is 0 Å². The summed E-state index contributed by atoms with van der Waals surface area (Å²) in [6.07, 6.45) is 2.47. The monoisotopic (exact) mass is 192 g/mol. The highest BCUT2D eigenvalue weighted by atomic mass is 17.1. The van der Waals surface area contributed by atoms with Crippen LogP contribution < -0.4 is 0 Å². The molecular weight excluding hydrogens is 176 g/mol. The summed E-state index contributed by atoms with van der Waals surface area (Å²) in [5, 5.41) is 8.69. The number of hydrogen-bond donors (Lipinski definition) is 1. The van der Waals surface area contributed by atoms with E-state index in [1.54, 1.807) is 0 Å². The first kappa shape index (κ1) is 11.0. The first-order chi connectivity index (χ1) is 6.59. The molecule has 0 fully saturated rings. The summed E-state index contributed by atoms with van der Waals surface area (Å²) >= 11 is 0. The lowest BCUT2D eigenvalue weighted by atomic mass is 9.95. The van der Waals surface area contributed by atoms with Crippen molar-refractivity contribution in [2.75, 3.05) is 0 Å². The van der Waals surface area contributed by atoms with Crippen LogP contribution in [0.3, 0.4) is 0 Å². The first-order valence-corrected chi connectivity index (χ1v) is 4.62. The Balaban J connectivity index is 2.91. The van der Waals surface area contributed by atoms with Gasteiger partial charge >= 0.3 is 0 Å². The minimum absolute atomic E-state index is 0.556. The quantitative estimate of drug-likeness (QED) is 0.586. The Morgan fingerprint density at radius 2 is 2.07 bits per heavy atom. The van der Waals surface area contributed by atoms with Crippen LogP contribution in [-0.2, 0) is 11.3 Å². The summed E-state index contributed by atoms with van der Waals surface area (Å²) in [6, 6.07) is 7.94. The van der Waals surface area contributed by atoms with Gasteiger partial charge in [-0.15, -0.1) is 0 Å². The van der Waals surface area contributed by atoms with E-state index < -0.39 is 5.60 Å². The molecule has 0 heterocycles. The molecule has 0 saturated carbocycles. The summed E-state index contributed by atoms with van der Waals surface area (Å²) in [7, 11) is 0. The van der Waals surface area contributed by atoms with Crippen LogP contribution >= 0.6 is 0 Å². The Hall–Kier alpha value is -1.12. The fraction of sp³-hybridized carbons (Fsp3) is 0.333. The Bertz CT molecular complexity index is 316. The van der Waals surface area contributed by atoms with E-state index in [1.165, 1.54) is 0 Å². The summed E-state index contributed by atoms with van der Waals surface area (Å²) < 4.78 is 0. The zero-order chi connectivity index (χ0) is 10.6. The number of hydrogen-bond acceptors (Lipinski definition) is 2. The second kappa shape index (κ2) is 4.40. The van der Waals surface area contributed by atoms with Crippen molar-refractivity contribution in [2.24, 2.45) is 0 Å². The van der Waals surface area contributed by atoms with Gasteiger partial charge in [-0.3, -0.25) is 5.26 Å². The third-order valence-corrected chi connectivity index (χ3v) is 2.14. The van der Waals surface area contributed by atoms with E-state index in [0.29, 0.717) is 6.42 Å². The average Bonchev–Trinajstić information content (AvgIpc) is 2.18. The molecule has 76 valence electrons. The molecule has 1 N–H and O–H groups in total. The van der Waals surface area contributed by atoms with E-state index in [0.717, 1.165) is 11.1 Å². The summed E-state index contributed by atoms with van der Waals surface area (Å²) in [4.78, 5) is 4.41. The second-order valence-corrected chi connectivity index (χ2v) is 3.93. The van der Waals surface area contributed by atoms with E-state index in [-0.39, 0.29) is 0 Å². The Kier molecular flexibility index (Phi) is 3.44. The van der Waals surface area contributed by atoms with E-state index in [1.807, 2.05) is 44.2 Å². The van der Waals surface area contributed by atoms with Gasteiger partial charge in [-0.1, -0.05) is 36.9 Å². The lowest BCUT2D eigenvalue weighted by Crippen LogP contribution is -2.26. The van der Waals surface area contributed by atoms with Crippen molar-refractivity contribution in [3.8, 4) is 0 Å². The molecule has 0 aliphatic rings. The Labute approximate surface area is 84.8 Å². The molecule has 0 unspecified atom stereocenters. The number of rotatable bonds is 4. The molecule has 1 aromatic carbocycles. The third kappa shape index (κ3) is 2.69. The standard InChI is InChI=1S/C12H16O2/c1-4-10-7-5-6-8-11(10)9-12(2,3)14-13/h4-8,13H,1,9H2,2-3H3. The van der Waals surface area contributed by atoms with Gasteiger partial charge in [0.15, 0.2) is 0 Å². The Morgan fingerprint density at radius 1 is 1.43 bits per heavy atom. The fourth-order valence-corrected chi connectivity index (χ4v) is 1.39. The molecular formula is C12H16O2. The predicted octanol–water partition coefficient (Wildman–Crippen LogP) is 3.14. The van der Waals surface area contributed by atoms with Crippen molar-refractivity contribution >= 4 is 6.08 Å². The molecule has 0 aromatic heterocycles. The topological polar surface area (TPSA) is 29.5 Å². The zero-order valence-corrected chi connectivity index (χ0v) is 8.66. The highest BCUT2D eigenvalue weighted by Crippen LogP contribution is 2.19. The van der Waals surface area contributed by atoms with Crippen molar-refractivity contribution in [3.63, 3.8) is 0 Å². The van der Waals surface area contributed by atoms with Gasteiger partial charge in [-0.2, -0.15) is 0 Å². The lowest BCUT2D eigenvalue weighted by molar-refractivity contribution is -0.312. The SMILES string of the molecule is C=Cc1ccccc1CC(C)(C)OO. The largest absolute Gasteiger partial charge is 0.251 e. The van der Waals surface area contributed by atoms with Crippen LogP contribution in [0.1, 0.15) is 25.0 Å². The molecule has 1 rings (SSSR count). The van der Waals surface area contributed by atoms with Crippen LogP contribution in [0.25, 0.3) is 6.08 Å². The van der Waals surface area contributed by atoms with Crippen molar-refractivity contribution < 1.29 is 10.1 Å². The molecule has 0 spiro atoms. The van der Waals surface area contributed by atoms with Crippen LogP contribution in [0.5, 0.6) is 0 Å². The van der Waals surface area contributed by atoms with Crippen molar-refractivity contribution in [1.29, 1.82) is 0 Å². The molecule has 14 heavy (non-hydrogen) atoms. The molecule has 0 amide bonds. The minimum Gasteiger partial charge on any atom is -0.251 e. The van der Waals surface area contributed by atoms with Crippen LogP contribution in [0.2, 0.25) is 0 Å². The van der Waals surface area contributed by atoms with Crippen LogP contribution in [0.4, 0.5) is 0 Å². The van der Waals surface area contributed by atoms with Crippen molar-refractivity contribution in [1.82, 2.24) is 0 Å². The van der Waals surface area contributed by atoms with Gasteiger partial charge in [-0.25, -0.2) is 4.89 Å². The van der Waals surface area contributed by atoms with E-state index in [2.05, 4.69) is 11.5 Å². The van der Waals surface area contributed by atoms with Gasteiger partial charge in [0, 0.05) is 6.42 Å². The summed E-state index contributed by atoms with van der Waals surface area (Å²) in [5.41, 5.74) is 1.65. The molecule has 0 atom stereocenters. The molecule has 0 bridgehead atoms. The molecule has 2 heteroatoms. The van der Waals surface area contributed by atoms with Gasteiger partial charge in [0.1, 0.15) is 5.60 Å². The van der Waals surface area contributed by atoms with Crippen molar-refractivity contribution in [3.05, 3.63) is 42.0 Å². The lowest BCUT2D eigenvalue weighted by Gasteiger charge is -2.21. The fourth-order valence-electron chi connectivity index (χ4n) is 1.39. The smallest absolute Gasteiger partial charge is 0.102 e. The molecule has 2 nitrogen and oxygen atoms in total. The summed E-state index contributed by atoms with van der Waals surface area (Å²) in [5.74, 6) is 0. The molecule has 0 aliphatic carbocycles. The highest BCUT2D eigenvalue weighted by molar-refractivity contribution is 5.51. The van der Waals surface area contributed by atoms with Crippen LogP contribution in [-0.4, -0.2) is 10.9 Å². The van der Waals surface area contributed by atoms with Gasteiger partial charge in [0.05, 0.1) is 0 Å². The maximum atomic E-state index is 8.69. The predicted molar refractivity (Wildman–Crippen MR) is 58.0 cm³/mol. The van der Waals surface area contributed by atoms with Gasteiger partial charge < -0.3 is 0 Å². The molecule has 0 radical (unpaired) electrons. The summed E-state index contributed by atoms with van der Waals surface area (Å²) in [6.45, 7) is 7.42. The normalized spacial score (nSPS) is 11.4. The minimum atomic E-state index is -0.556. The van der Waals surface area contributed by atoms with Gasteiger partial charge in [-0.05, 0) is 25.0 Å². The van der Waals surface area contributed by atoms with Crippen molar-refractivity contribution in [2.45, 2.75) is 25.9 Å². The number of benzene rings is 1. The van der Waals surface area contributed by atoms with E-state index >= 15 is 0 Å². The van der Waals surface area contributed by atoms with Crippen LogP contribution in [0, 0.1) is 0 Å².